The van der Waals surface area contributed by atoms with Crippen molar-refractivity contribution in [3.05, 3.63) is 51.7 Å². The fourth-order valence-corrected chi connectivity index (χ4v) is 4.56. The van der Waals surface area contributed by atoms with Crippen LogP contribution in [0.2, 0.25) is 0 Å². The zero-order chi connectivity index (χ0) is 19.1. The number of hydrogen-bond acceptors (Lipinski definition) is 3. The van der Waals surface area contributed by atoms with Crippen molar-refractivity contribution in [3.8, 4) is 5.69 Å². The molecule has 4 rings (SSSR count). The predicted octanol–water partition coefficient (Wildman–Crippen LogP) is 2.06. The van der Waals surface area contributed by atoms with Gasteiger partial charge in [0.2, 0.25) is 5.91 Å². The molecule has 2 bridgehead atoms. The van der Waals surface area contributed by atoms with Crippen LogP contribution in [0.5, 0.6) is 0 Å². The molecule has 3 heterocycles. The maximum absolute atomic E-state index is 13.1. The molecule has 1 aromatic carbocycles. The van der Waals surface area contributed by atoms with Crippen molar-refractivity contribution in [3.63, 3.8) is 0 Å². The Morgan fingerprint density at radius 1 is 1.22 bits per heavy atom. The van der Waals surface area contributed by atoms with Crippen LogP contribution in [-0.2, 0) is 11.2 Å². The van der Waals surface area contributed by atoms with Gasteiger partial charge in [0.05, 0.1) is 11.8 Å². The molecule has 0 radical (unpaired) electrons. The summed E-state index contributed by atoms with van der Waals surface area (Å²) in [4.78, 5) is 27.4. The summed E-state index contributed by atoms with van der Waals surface area (Å²) in [6, 6.07) is 5.96. The molecule has 2 saturated heterocycles. The molecule has 2 aromatic rings. The lowest BCUT2D eigenvalue weighted by atomic mass is 9.99. The Kier molecular flexibility index (Phi) is 4.63. The second kappa shape index (κ2) is 6.96. The quantitative estimate of drug-likeness (QED) is 0.861. The van der Waals surface area contributed by atoms with Crippen LogP contribution in [-0.4, -0.2) is 43.9 Å². The third kappa shape index (κ3) is 3.32. The average Bonchev–Trinajstić information content (AvgIpc) is 3.07. The van der Waals surface area contributed by atoms with E-state index in [1.54, 1.807) is 12.1 Å². The Balaban J connectivity index is 1.48. The van der Waals surface area contributed by atoms with Gasteiger partial charge in [-0.1, -0.05) is 0 Å². The summed E-state index contributed by atoms with van der Waals surface area (Å²) in [5.74, 6) is -0.301. The fourth-order valence-electron chi connectivity index (χ4n) is 4.56. The summed E-state index contributed by atoms with van der Waals surface area (Å²) in [7, 11) is 0. The van der Waals surface area contributed by atoms with E-state index in [1.165, 1.54) is 16.8 Å². The maximum atomic E-state index is 13.1. The highest BCUT2D eigenvalue weighted by Gasteiger charge is 2.42. The molecule has 0 aliphatic carbocycles. The molecule has 1 aromatic heterocycles. The first-order valence-corrected chi connectivity index (χ1v) is 9.49. The molecule has 7 heteroatoms. The standard InChI is InChI=1S/C20H24FN3O3/c1-12-18(20(27)24(22-12)14-4-2-13(21)3-5-14)8-9-19(26)23-15-6-7-16(23)11-17(25)10-15/h2-5,15-17,22,25H,6-11H2,1H3/t15-,16+,17?. The van der Waals surface area contributed by atoms with E-state index in [0.29, 0.717) is 36.2 Å². The number of H-pyrrole nitrogens is 1. The minimum absolute atomic E-state index is 0.0581. The Morgan fingerprint density at radius 3 is 2.48 bits per heavy atom. The second-order valence-electron chi connectivity index (χ2n) is 7.64. The van der Waals surface area contributed by atoms with Gasteiger partial charge in [-0.25, -0.2) is 9.07 Å². The average molecular weight is 373 g/mol. The van der Waals surface area contributed by atoms with Crippen LogP contribution in [0.1, 0.15) is 43.4 Å². The van der Waals surface area contributed by atoms with Gasteiger partial charge in [-0.15, -0.1) is 0 Å². The van der Waals surface area contributed by atoms with E-state index in [2.05, 4.69) is 5.10 Å². The highest BCUT2D eigenvalue weighted by Crippen LogP contribution is 2.36. The van der Waals surface area contributed by atoms with Crippen molar-refractivity contribution >= 4 is 5.91 Å². The van der Waals surface area contributed by atoms with Crippen molar-refractivity contribution in [2.24, 2.45) is 0 Å². The van der Waals surface area contributed by atoms with Crippen LogP contribution < -0.4 is 5.56 Å². The van der Waals surface area contributed by atoms with E-state index in [9.17, 15) is 19.1 Å². The normalized spacial score (nSPS) is 24.4. The van der Waals surface area contributed by atoms with Crippen LogP contribution in [0.4, 0.5) is 4.39 Å². The molecule has 27 heavy (non-hydrogen) atoms. The first kappa shape index (κ1) is 18.0. The molecule has 2 aliphatic heterocycles. The smallest absolute Gasteiger partial charge is 0.274 e. The number of aryl methyl sites for hydroxylation is 1. The lowest BCUT2D eigenvalue weighted by Gasteiger charge is -2.37. The van der Waals surface area contributed by atoms with Gasteiger partial charge in [-0.2, -0.15) is 0 Å². The summed E-state index contributed by atoms with van der Waals surface area (Å²) < 4.78 is 14.5. The number of fused-ring (bicyclic) bond motifs is 2. The van der Waals surface area contributed by atoms with E-state index in [1.807, 2.05) is 11.8 Å². The van der Waals surface area contributed by atoms with E-state index in [4.69, 9.17) is 0 Å². The third-order valence-electron chi connectivity index (χ3n) is 5.86. The predicted molar refractivity (Wildman–Crippen MR) is 98.3 cm³/mol. The molecular formula is C20H24FN3O3. The van der Waals surface area contributed by atoms with Crippen molar-refractivity contribution < 1.29 is 14.3 Å². The number of rotatable bonds is 4. The third-order valence-corrected chi connectivity index (χ3v) is 5.86. The zero-order valence-electron chi connectivity index (χ0n) is 15.3. The molecule has 2 fully saturated rings. The highest BCUT2D eigenvalue weighted by molar-refractivity contribution is 5.77. The minimum Gasteiger partial charge on any atom is -0.393 e. The molecule has 6 nitrogen and oxygen atoms in total. The number of piperidine rings is 1. The Bertz CT molecular complexity index is 888. The first-order valence-electron chi connectivity index (χ1n) is 9.49. The number of hydrogen-bond donors (Lipinski definition) is 2. The highest BCUT2D eigenvalue weighted by atomic mass is 19.1. The summed E-state index contributed by atoms with van der Waals surface area (Å²) >= 11 is 0. The van der Waals surface area contributed by atoms with Gasteiger partial charge in [-0.05, 0) is 63.3 Å². The van der Waals surface area contributed by atoms with Crippen LogP contribution in [0, 0.1) is 12.7 Å². The Morgan fingerprint density at radius 2 is 1.85 bits per heavy atom. The van der Waals surface area contributed by atoms with E-state index >= 15 is 0 Å². The molecule has 3 atom stereocenters. The largest absolute Gasteiger partial charge is 0.393 e. The SMILES string of the molecule is Cc1[nH]n(-c2ccc(F)cc2)c(=O)c1CCC(=O)N1[C@@H]2CC[C@H]1CC(O)C2. The van der Waals surface area contributed by atoms with Gasteiger partial charge in [0, 0.05) is 29.8 Å². The number of aromatic nitrogens is 2. The summed E-state index contributed by atoms with van der Waals surface area (Å²) in [5.41, 5.74) is 1.65. The number of carbonyl (C=O) groups is 1. The summed E-state index contributed by atoms with van der Waals surface area (Å²) in [6.07, 6.45) is 3.56. The summed E-state index contributed by atoms with van der Waals surface area (Å²) in [6.45, 7) is 1.81. The molecular weight excluding hydrogens is 349 g/mol. The number of aliphatic hydroxyl groups is 1. The van der Waals surface area contributed by atoms with Crippen molar-refractivity contribution in [1.82, 2.24) is 14.7 Å². The van der Waals surface area contributed by atoms with Crippen LogP contribution in [0.15, 0.2) is 29.1 Å². The van der Waals surface area contributed by atoms with E-state index in [-0.39, 0.29) is 41.9 Å². The molecule has 2 N–H and O–H groups in total. The Hall–Kier alpha value is -2.41. The van der Waals surface area contributed by atoms with Crippen molar-refractivity contribution in [2.75, 3.05) is 0 Å². The van der Waals surface area contributed by atoms with Crippen molar-refractivity contribution in [1.29, 1.82) is 0 Å². The molecule has 1 unspecified atom stereocenters. The lowest BCUT2D eigenvalue weighted by molar-refractivity contribution is -0.137. The van der Waals surface area contributed by atoms with Crippen LogP contribution in [0.3, 0.4) is 0 Å². The van der Waals surface area contributed by atoms with Gasteiger partial charge >= 0.3 is 0 Å². The van der Waals surface area contributed by atoms with E-state index in [0.717, 1.165) is 12.8 Å². The minimum atomic E-state index is -0.359. The van der Waals surface area contributed by atoms with Gasteiger partial charge in [0.15, 0.2) is 0 Å². The molecule has 144 valence electrons. The zero-order valence-corrected chi connectivity index (χ0v) is 15.3. The van der Waals surface area contributed by atoms with Gasteiger partial charge < -0.3 is 10.0 Å². The number of carbonyl (C=O) groups excluding carboxylic acids is 1. The molecule has 1 amide bonds. The van der Waals surface area contributed by atoms with Gasteiger partial charge in [-0.3, -0.25) is 14.7 Å². The number of aromatic amines is 1. The number of aliphatic hydroxyl groups excluding tert-OH is 1. The first-order chi connectivity index (χ1) is 12.9. The van der Waals surface area contributed by atoms with Gasteiger partial charge in [0.1, 0.15) is 5.82 Å². The monoisotopic (exact) mass is 373 g/mol. The number of amides is 1. The number of nitrogens with zero attached hydrogens (tertiary/aromatic N) is 2. The van der Waals surface area contributed by atoms with Crippen LogP contribution in [0.25, 0.3) is 5.69 Å². The van der Waals surface area contributed by atoms with Crippen molar-refractivity contribution in [2.45, 2.75) is 63.6 Å². The van der Waals surface area contributed by atoms with E-state index < -0.39 is 0 Å². The summed E-state index contributed by atoms with van der Waals surface area (Å²) in [5, 5.41) is 12.9. The number of halogens is 1. The topological polar surface area (TPSA) is 78.3 Å². The molecule has 0 saturated carbocycles. The number of benzene rings is 1. The molecule has 0 spiro atoms. The second-order valence-corrected chi connectivity index (χ2v) is 7.64. The Labute approximate surface area is 156 Å². The van der Waals surface area contributed by atoms with Gasteiger partial charge in [0.25, 0.3) is 5.56 Å². The molecule has 2 aliphatic rings. The lowest BCUT2D eigenvalue weighted by Crippen LogP contribution is -2.48. The van der Waals surface area contributed by atoms with Crippen LogP contribution >= 0.6 is 0 Å². The maximum Gasteiger partial charge on any atom is 0.274 e. The fraction of sp³-hybridized carbons (Fsp3) is 0.500. The number of nitrogens with one attached hydrogen (secondary N) is 1.